The van der Waals surface area contributed by atoms with Crippen molar-refractivity contribution in [2.45, 2.75) is 32.1 Å². The van der Waals surface area contributed by atoms with Crippen LogP contribution < -0.4 is 5.32 Å². The Morgan fingerprint density at radius 3 is 2.53 bits per heavy atom. The molecule has 0 bridgehead atoms. The fourth-order valence-electron chi connectivity index (χ4n) is 3.64. The van der Waals surface area contributed by atoms with E-state index in [9.17, 15) is 9.59 Å². The minimum Gasteiger partial charge on any atom is -0.466 e. The molecular formula is C24H25BrN4O3. The average molecular weight is 497 g/mol. The Morgan fingerprint density at radius 1 is 1.16 bits per heavy atom. The van der Waals surface area contributed by atoms with Gasteiger partial charge in [0.2, 0.25) is 0 Å². The fraction of sp³-hybridized carbons (Fsp3) is 0.333. The molecule has 3 aromatic rings. The zero-order chi connectivity index (χ0) is 22.5. The standard InChI is InChI=1S/C24H25BrN4O3/c1-2-32-24(31)18(14-16-6-4-3-5-7-16)15-26-23(30)21-22(17-8-9-17)29(28-27-21)20-12-10-19(25)11-13-20/h3-7,10-13,17-18H,2,8-9,14-15H2,1H3,(H,26,30). The van der Waals surface area contributed by atoms with Crippen molar-refractivity contribution in [1.82, 2.24) is 20.3 Å². The number of amides is 1. The molecule has 4 rings (SSSR count). The van der Waals surface area contributed by atoms with Crippen molar-refractivity contribution >= 4 is 27.8 Å². The van der Waals surface area contributed by atoms with Crippen molar-refractivity contribution in [3.8, 4) is 5.69 Å². The normalized spacial score (nSPS) is 14.1. The monoisotopic (exact) mass is 496 g/mol. The molecule has 0 aliphatic heterocycles. The molecule has 1 atom stereocenters. The second kappa shape index (κ2) is 10.1. The van der Waals surface area contributed by atoms with E-state index in [2.05, 4.69) is 31.6 Å². The maximum Gasteiger partial charge on any atom is 0.311 e. The van der Waals surface area contributed by atoms with Crippen LogP contribution in [0.2, 0.25) is 0 Å². The fourth-order valence-corrected chi connectivity index (χ4v) is 3.91. The molecule has 166 valence electrons. The van der Waals surface area contributed by atoms with Crippen LogP contribution in [0.1, 0.15) is 47.4 Å². The number of rotatable bonds is 9. The summed E-state index contributed by atoms with van der Waals surface area (Å²) in [4.78, 5) is 25.5. The molecule has 0 radical (unpaired) electrons. The van der Waals surface area contributed by atoms with Crippen molar-refractivity contribution < 1.29 is 14.3 Å². The zero-order valence-electron chi connectivity index (χ0n) is 17.8. The summed E-state index contributed by atoms with van der Waals surface area (Å²) < 4.78 is 7.94. The number of carbonyl (C=O) groups is 2. The van der Waals surface area contributed by atoms with Crippen LogP contribution in [0.4, 0.5) is 0 Å². The quantitative estimate of drug-likeness (QED) is 0.451. The topological polar surface area (TPSA) is 86.1 Å². The van der Waals surface area contributed by atoms with Gasteiger partial charge in [-0.1, -0.05) is 51.5 Å². The lowest BCUT2D eigenvalue weighted by Gasteiger charge is -2.16. The van der Waals surface area contributed by atoms with E-state index in [-0.39, 0.29) is 24.3 Å². The van der Waals surface area contributed by atoms with Crippen LogP contribution >= 0.6 is 15.9 Å². The van der Waals surface area contributed by atoms with Gasteiger partial charge in [0.15, 0.2) is 5.69 Å². The second-order valence-corrected chi connectivity index (χ2v) is 8.75. The Bertz CT molecular complexity index is 1080. The van der Waals surface area contributed by atoms with Crippen molar-refractivity contribution in [2.24, 2.45) is 5.92 Å². The molecule has 1 saturated carbocycles. The van der Waals surface area contributed by atoms with Crippen LogP contribution in [-0.2, 0) is 16.0 Å². The summed E-state index contributed by atoms with van der Waals surface area (Å²) >= 11 is 3.44. The molecule has 0 saturated heterocycles. The number of ether oxygens (including phenoxy) is 1. The SMILES string of the molecule is CCOC(=O)C(CNC(=O)c1nnn(-c2ccc(Br)cc2)c1C1CC1)Cc1ccccc1. The van der Waals surface area contributed by atoms with Gasteiger partial charge >= 0.3 is 5.97 Å². The van der Waals surface area contributed by atoms with Gasteiger partial charge in [0.1, 0.15) is 0 Å². The summed E-state index contributed by atoms with van der Waals surface area (Å²) in [6, 6.07) is 17.4. The maximum absolute atomic E-state index is 13.0. The first-order valence-electron chi connectivity index (χ1n) is 10.8. The van der Waals surface area contributed by atoms with Crippen molar-refractivity contribution in [3.05, 3.63) is 76.0 Å². The predicted octanol–water partition coefficient (Wildman–Crippen LogP) is 4.06. The number of halogens is 1. The molecule has 1 aliphatic carbocycles. The van der Waals surface area contributed by atoms with Crippen LogP contribution in [0.3, 0.4) is 0 Å². The summed E-state index contributed by atoms with van der Waals surface area (Å²) in [5.41, 5.74) is 3.01. The first-order chi connectivity index (χ1) is 15.6. The smallest absolute Gasteiger partial charge is 0.311 e. The molecule has 1 aromatic heterocycles. The van der Waals surface area contributed by atoms with E-state index in [0.29, 0.717) is 18.7 Å². The molecule has 2 aromatic carbocycles. The van der Waals surface area contributed by atoms with Gasteiger partial charge in [0.25, 0.3) is 5.91 Å². The Hall–Kier alpha value is -3.00. The Balaban J connectivity index is 1.51. The Morgan fingerprint density at radius 2 is 1.88 bits per heavy atom. The van der Waals surface area contributed by atoms with E-state index in [0.717, 1.165) is 34.3 Å². The van der Waals surface area contributed by atoms with Gasteiger partial charge in [-0.05, 0) is 56.0 Å². The maximum atomic E-state index is 13.0. The number of nitrogens with zero attached hydrogens (tertiary/aromatic N) is 3. The minimum absolute atomic E-state index is 0.168. The Kier molecular flexibility index (Phi) is 6.99. The second-order valence-electron chi connectivity index (χ2n) is 7.83. The van der Waals surface area contributed by atoms with Crippen molar-refractivity contribution in [2.75, 3.05) is 13.2 Å². The van der Waals surface area contributed by atoms with Gasteiger partial charge in [-0.3, -0.25) is 9.59 Å². The summed E-state index contributed by atoms with van der Waals surface area (Å²) in [5, 5.41) is 11.3. The van der Waals surface area contributed by atoms with Crippen molar-refractivity contribution in [1.29, 1.82) is 0 Å². The van der Waals surface area contributed by atoms with E-state index < -0.39 is 5.92 Å². The molecular weight excluding hydrogens is 472 g/mol. The lowest BCUT2D eigenvalue weighted by molar-refractivity contribution is -0.147. The number of carbonyl (C=O) groups excluding carboxylic acids is 2. The number of hydrogen-bond donors (Lipinski definition) is 1. The molecule has 7 nitrogen and oxygen atoms in total. The number of nitrogens with one attached hydrogen (secondary N) is 1. The third-order valence-electron chi connectivity index (χ3n) is 5.41. The van der Waals surface area contributed by atoms with E-state index in [1.54, 1.807) is 11.6 Å². The number of benzene rings is 2. The molecule has 1 unspecified atom stereocenters. The van der Waals surface area contributed by atoms with Crippen LogP contribution in [0.5, 0.6) is 0 Å². The highest BCUT2D eigenvalue weighted by Crippen LogP contribution is 2.42. The number of aromatic nitrogens is 3. The summed E-state index contributed by atoms with van der Waals surface area (Å²) in [6.45, 7) is 2.24. The molecule has 32 heavy (non-hydrogen) atoms. The largest absolute Gasteiger partial charge is 0.466 e. The highest BCUT2D eigenvalue weighted by Gasteiger charge is 2.34. The van der Waals surface area contributed by atoms with Gasteiger partial charge in [-0.2, -0.15) is 0 Å². The highest BCUT2D eigenvalue weighted by molar-refractivity contribution is 9.10. The number of hydrogen-bond acceptors (Lipinski definition) is 5. The van der Waals surface area contributed by atoms with Crippen LogP contribution in [-0.4, -0.2) is 40.0 Å². The Labute approximate surface area is 195 Å². The minimum atomic E-state index is -0.479. The molecule has 1 fully saturated rings. The molecule has 1 amide bonds. The summed E-state index contributed by atoms with van der Waals surface area (Å²) in [6.07, 6.45) is 2.49. The van der Waals surface area contributed by atoms with E-state index in [1.807, 2.05) is 54.6 Å². The predicted molar refractivity (Wildman–Crippen MR) is 124 cm³/mol. The number of esters is 1. The first-order valence-corrected chi connectivity index (χ1v) is 11.6. The van der Waals surface area contributed by atoms with Gasteiger partial charge < -0.3 is 10.1 Å². The third-order valence-corrected chi connectivity index (χ3v) is 5.94. The van der Waals surface area contributed by atoms with E-state index in [4.69, 9.17) is 4.74 Å². The average Bonchev–Trinajstić information content (AvgIpc) is 3.55. The zero-order valence-corrected chi connectivity index (χ0v) is 19.4. The van der Waals surface area contributed by atoms with Crippen LogP contribution in [0.25, 0.3) is 5.69 Å². The lowest BCUT2D eigenvalue weighted by Crippen LogP contribution is -2.35. The highest BCUT2D eigenvalue weighted by atomic mass is 79.9. The third kappa shape index (κ3) is 5.24. The summed E-state index contributed by atoms with van der Waals surface area (Å²) in [7, 11) is 0. The van der Waals surface area contributed by atoms with Gasteiger partial charge in [0, 0.05) is 16.9 Å². The molecule has 1 N–H and O–H groups in total. The van der Waals surface area contributed by atoms with E-state index in [1.165, 1.54) is 0 Å². The van der Waals surface area contributed by atoms with Crippen LogP contribution in [0, 0.1) is 5.92 Å². The van der Waals surface area contributed by atoms with Gasteiger partial charge in [0.05, 0.1) is 23.9 Å². The van der Waals surface area contributed by atoms with Crippen LogP contribution in [0.15, 0.2) is 59.1 Å². The summed E-state index contributed by atoms with van der Waals surface area (Å²) in [5.74, 6) is -0.859. The molecule has 1 aliphatic rings. The van der Waals surface area contributed by atoms with E-state index >= 15 is 0 Å². The lowest BCUT2D eigenvalue weighted by atomic mass is 9.99. The molecule has 0 spiro atoms. The van der Waals surface area contributed by atoms with Gasteiger partial charge in [-0.25, -0.2) is 4.68 Å². The van der Waals surface area contributed by atoms with Crippen molar-refractivity contribution in [3.63, 3.8) is 0 Å². The molecule has 1 heterocycles. The molecule has 8 heteroatoms. The van der Waals surface area contributed by atoms with Gasteiger partial charge in [-0.15, -0.1) is 5.10 Å². The first kappa shape index (κ1) is 22.2.